The number of nitrogens with zero attached hydrogens (tertiary/aromatic N) is 2. The van der Waals surface area contributed by atoms with Crippen LogP contribution in [0.15, 0.2) is 35.4 Å². The van der Waals surface area contributed by atoms with Gasteiger partial charge in [0.05, 0.1) is 18.1 Å². The van der Waals surface area contributed by atoms with Gasteiger partial charge in [-0.25, -0.2) is 18.5 Å². The van der Waals surface area contributed by atoms with Gasteiger partial charge < -0.3 is 19.9 Å². The van der Waals surface area contributed by atoms with E-state index >= 15 is 0 Å². The Hall–Kier alpha value is -2.48. The maximum Gasteiger partial charge on any atom is 0.423 e. The van der Waals surface area contributed by atoms with Crippen molar-refractivity contribution in [2.24, 2.45) is 5.14 Å². The number of hydrogen-bond donors (Lipinski definition) is 3. The number of ether oxygens (including phenoxy) is 2. The van der Waals surface area contributed by atoms with Crippen molar-refractivity contribution in [3.63, 3.8) is 0 Å². The number of halogens is 3. The first-order valence-electron chi connectivity index (χ1n) is 8.30. The van der Waals surface area contributed by atoms with E-state index < -0.39 is 39.9 Å². The van der Waals surface area contributed by atoms with Gasteiger partial charge in [0.2, 0.25) is 21.9 Å². The molecule has 2 aromatic rings. The predicted molar refractivity (Wildman–Crippen MR) is 94.0 cm³/mol. The molecule has 1 fully saturated rings. The van der Waals surface area contributed by atoms with Crippen LogP contribution in [0.2, 0.25) is 0 Å². The number of aromatic nitrogens is 2. The summed E-state index contributed by atoms with van der Waals surface area (Å²) in [4.78, 5) is 7.28. The lowest BCUT2D eigenvalue weighted by Gasteiger charge is -2.28. The molecule has 158 valence electrons. The van der Waals surface area contributed by atoms with E-state index in [0.717, 1.165) is 0 Å². The van der Waals surface area contributed by atoms with Gasteiger partial charge in [0.25, 0.3) is 0 Å². The molecule has 0 bridgehead atoms. The Kier molecular flexibility index (Phi) is 5.93. The van der Waals surface area contributed by atoms with E-state index in [4.69, 9.17) is 14.6 Å². The molecule has 1 saturated heterocycles. The van der Waals surface area contributed by atoms with Crippen LogP contribution >= 0.6 is 0 Å². The van der Waals surface area contributed by atoms with Crippen LogP contribution in [0.5, 0.6) is 5.88 Å². The van der Waals surface area contributed by atoms with Crippen LogP contribution in [0, 0.1) is 0 Å². The third-order valence-electron chi connectivity index (χ3n) is 4.03. The molecule has 9 nitrogen and oxygen atoms in total. The molecule has 2 atom stereocenters. The monoisotopic (exact) mass is 434 g/mol. The first kappa shape index (κ1) is 21.2. The van der Waals surface area contributed by atoms with Gasteiger partial charge in [0.15, 0.2) is 0 Å². The zero-order valence-electron chi connectivity index (χ0n) is 14.8. The minimum atomic E-state index is -4.76. The van der Waals surface area contributed by atoms with E-state index in [0.29, 0.717) is 11.9 Å². The van der Waals surface area contributed by atoms with Crippen LogP contribution in [-0.4, -0.2) is 48.9 Å². The van der Waals surface area contributed by atoms with Crippen molar-refractivity contribution >= 4 is 21.7 Å². The Morgan fingerprint density at radius 3 is 2.55 bits per heavy atom. The summed E-state index contributed by atoms with van der Waals surface area (Å²) in [6.07, 6.45) is -6.01. The number of alkyl halides is 3. The zero-order valence-corrected chi connectivity index (χ0v) is 15.6. The summed E-state index contributed by atoms with van der Waals surface area (Å²) in [7, 11) is -3.88. The molecule has 3 rings (SSSR count). The van der Waals surface area contributed by atoms with Gasteiger partial charge in [-0.3, -0.25) is 0 Å². The molecule has 2 heterocycles. The number of benzene rings is 1. The average Bonchev–Trinajstić information content (AvgIpc) is 2.62. The van der Waals surface area contributed by atoms with Gasteiger partial charge in [-0.05, 0) is 24.3 Å². The van der Waals surface area contributed by atoms with Crippen molar-refractivity contribution in [3.05, 3.63) is 36.0 Å². The Morgan fingerprint density at radius 1 is 1.28 bits per heavy atom. The summed E-state index contributed by atoms with van der Waals surface area (Å²) in [5, 5.41) is 17.5. The van der Waals surface area contributed by atoms with Crippen LogP contribution < -0.4 is 15.2 Å². The van der Waals surface area contributed by atoms with Gasteiger partial charge in [0.1, 0.15) is 17.8 Å². The summed E-state index contributed by atoms with van der Waals surface area (Å²) in [6.45, 7) is 0.175. The van der Waals surface area contributed by atoms with E-state index in [-0.39, 0.29) is 30.5 Å². The third-order valence-corrected chi connectivity index (χ3v) is 4.95. The number of aliphatic hydroxyl groups excluding tert-OH is 1. The molecule has 29 heavy (non-hydrogen) atoms. The standard InChI is InChI=1S/C16H17F3N4O5S/c17-16(18,19)11-7-21-15(22-9-1-3-10(4-2-9)29(20,25)26)23-14(11)28-13-5-6-27-8-12(13)24/h1-4,7,12-13,24H,5-6,8H2,(H2,20,25,26)(H,21,22,23)/t12-,13+/m1/s1. The molecule has 1 aromatic heterocycles. The highest BCUT2D eigenvalue weighted by Gasteiger charge is 2.38. The number of primary sulfonamides is 1. The summed E-state index contributed by atoms with van der Waals surface area (Å²) in [5.74, 6) is -0.944. The lowest BCUT2D eigenvalue weighted by molar-refractivity contribution is -0.141. The average molecular weight is 434 g/mol. The van der Waals surface area contributed by atoms with Gasteiger partial charge in [-0.1, -0.05) is 0 Å². The summed E-state index contributed by atoms with van der Waals surface area (Å²) in [5.41, 5.74) is -0.875. The minimum Gasteiger partial charge on any atom is -0.471 e. The second kappa shape index (κ2) is 8.10. The maximum absolute atomic E-state index is 13.3. The Labute approximate surface area is 163 Å². The zero-order chi connectivity index (χ0) is 21.2. The van der Waals surface area contributed by atoms with Crippen LogP contribution in [0.3, 0.4) is 0 Å². The molecule has 1 aliphatic rings. The van der Waals surface area contributed by atoms with Gasteiger partial charge in [-0.15, -0.1) is 0 Å². The van der Waals surface area contributed by atoms with Crippen LogP contribution in [0.1, 0.15) is 12.0 Å². The van der Waals surface area contributed by atoms with Crippen LogP contribution in [-0.2, 0) is 20.9 Å². The number of hydrogen-bond acceptors (Lipinski definition) is 8. The van der Waals surface area contributed by atoms with Crippen molar-refractivity contribution in [2.45, 2.75) is 29.7 Å². The molecule has 0 amide bonds. The molecule has 13 heteroatoms. The van der Waals surface area contributed by atoms with Crippen molar-refractivity contribution < 1.29 is 36.2 Å². The van der Waals surface area contributed by atoms with Gasteiger partial charge in [-0.2, -0.15) is 18.2 Å². The van der Waals surface area contributed by atoms with E-state index in [1.54, 1.807) is 0 Å². The fraction of sp³-hybridized carbons (Fsp3) is 0.375. The number of nitrogens with one attached hydrogen (secondary N) is 1. The number of sulfonamides is 1. The topological polar surface area (TPSA) is 137 Å². The Balaban J connectivity index is 1.86. The number of nitrogens with two attached hydrogens (primary N) is 1. The van der Waals surface area contributed by atoms with E-state index in [9.17, 15) is 26.7 Å². The number of aliphatic hydroxyl groups is 1. The lowest BCUT2D eigenvalue weighted by Crippen LogP contribution is -2.41. The SMILES string of the molecule is NS(=O)(=O)c1ccc(Nc2ncc(C(F)(F)F)c(O[C@H]3CCOC[C@H]3O)n2)cc1. The summed E-state index contributed by atoms with van der Waals surface area (Å²) < 4.78 is 72.7. The number of rotatable bonds is 5. The highest BCUT2D eigenvalue weighted by molar-refractivity contribution is 7.89. The largest absolute Gasteiger partial charge is 0.471 e. The first-order valence-corrected chi connectivity index (χ1v) is 9.85. The molecule has 0 aliphatic carbocycles. The van der Waals surface area contributed by atoms with Crippen LogP contribution in [0.4, 0.5) is 24.8 Å². The molecule has 1 aromatic carbocycles. The molecule has 0 saturated carbocycles. The highest BCUT2D eigenvalue weighted by atomic mass is 32.2. The molecular weight excluding hydrogens is 417 g/mol. The maximum atomic E-state index is 13.3. The quantitative estimate of drug-likeness (QED) is 0.643. The van der Waals surface area contributed by atoms with E-state index in [1.807, 2.05) is 0 Å². The molecule has 0 spiro atoms. The van der Waals surface area contributed by atoms with Crippen molar-refractivity contribution in [2.75, 3.05) is 18.5 Å². The Bertz CT molecular complexity index is 970. The van der Waals surface area contributed by atoms with E-state index in [1.165, 1.54) is 24.3 Å². The second-order valence-corrected chi connectivity index (χ2v) is 7.75. The molecule has 0 radical (unpaired) electrons. The predicted octanol–water partition coefficient (Wildman–Crippen LogP) is 1.42. The van der Waals surface area contributed by atoms with Gasteiger partial charge in [0, 0.05) is 18.3 Å². The molecule has 1 aliphatic heterocycles. The summed E-state index contributed by atoms with van der Waals surface area (Å²) in [6, 6.07) is 5.14. The lowest BCUT2D eigenvalue weighted by atomic mass is 10.1. The van der Waals surface area contributed by atoms with Crippen molar-refractivity contribution in [3.8, 4) is 5.88 Å². The van der Waals surface area contributed by atoms with Crippen molar-refractivity contribution in [1.82, 2.24) is 9.97 Å². The molecule has 4 N–H and O–H groups in total. The van der Waals surface area contributed by atoms with Gasteiger partial charge >= 0.3 is 6.18 Å². The third kappa shape index (κ3) is 5.32. The molecule has 0 unspecified atom stereocenters. The smallest absolute Gasteiger partial charge is 0.423 e. The molecular formula is C16H17F3N4O5S. The highest BCUT2D eigenvalue weighted by Crippen LogP contribution is 2.36. The number of anilines is 2. The fourth-order valence-corrected chi connectivity index (χ4v) is 3.07. The second-order valence-electron chi connectivity index (χ2n) is 6.19. The fourth-order valence-electron chi connectivity index (χ4n) is 2.55. The van der Waals surface area contributed by atoms with Crippen molar-refractivity contribution in [1.29, 1.82) is 0 Å². The van der Waals surface area contributed by atoms with E-state index in [2.05, 4.69) is 15.3 Å². The minimum absolute atomic E-state index is 0.0569. The normalized spacial score (nSPS) is 20.3. The first-order chi connectivity index (χ1) is 13.5. The van der Waals surface area contributed by atoms with Crippen LogP contribution in [0.25, 0.3) is 0 Å². The summed E-state index contributed by atoms with van der Waals surface area (Å²) >= 11 is 0. The Morgan fingerprint density at radius 2 is 1.97 bits per heavy atom.